The molecule has 18 heavy (non-hydrogen) atoms. The molecule has 0 aliphatic rings. The Bertz CT molecular complexity index is 508. The molecule has 1 unspecified atom stereocenters. The van der Waals surface area contributed by atoms with Gasteiger partial charge in [-0.15, -0.1) is 10.2 Å². The fourth-order valence-electron chi connectivity index (χ4n) is 1.80. The average molecular weight is 249 g/mol. The summed E-state index contributed by atoms with van der Waals surface area (Å²) in [6, 6.07) is 6.46. The van der Waals surface area contributed by atoms with Crippen LogP contribution in [-0.4, -0.2) is 17.2 Å². The minimum absolute atomic E-state index is 0.0683. The highest BCUT2D eigenvalue weighted by Crippen LogP contribution is 2.16. The van der Waals surface area contributed by atoms with Gasteiger partial charge < -0.3 is 9.73 Å². The lowest BCUT2D eigenvalue weighted by atomic mass is 10.1. The van der Waals surface area contributed by atoms with Crippen molar-refractivity contribution in [2.75, 3.05) is 7.05 Å². The summed E-state index contributed by atoms with van der Waals surface area (Å²) in [5.41, 5.74) is 0.822. The maximum atomic E-state index is 13.0. The van der Waals surface area contributed by atoms with Crippen LogP contribution in [0.4, 0.5) is 4.39 Å². The van der Waals surface area contributed by atoms with Crippen LogP contribution < -0.4 is 5.32 Å². The molecule has 2 rings (SSSR count). The SMILES string of the molecule is CCC(NC)c1nnc(Cc2cccc(F)c2)o1. The highest BCUT2D eigenvalue weighted by Gasteiger charge is 2.14. The molecule has 1 atom stereocenters. The van der Waals surface area contributed by atoms with E-state index in [-0.39, 0.29) is 11.9 Å². The largest absolute Gasteiger partial charge is 0.423 e. The van der Waals surface area contributed by atoms with Crippen molar-refractivity contribution in [3.05, 3.63) is 47.4 Å². The Labute approximate surface area is 105 Å². The third-order valence-electron chi connectivity index (χ3n) is 2.78. The minimum Gasteiger partial charge on any atom is -0.423 e. The van der Waals surface area contributed by atoms with Crippen molar-refractivity contribution in [1.82, 2.24) is 15.5 Å². The van der Waals surface area contributed by atoms with E-state index in [0.29, 0.717) is 18.2 Å². The quantitative estimate of drug-likeness (QED) is 0.884. The van der Waals surface area contributed by atoms with E-state index in [1.165, 1.54) is 12.1 Å². The van der Waals surface area contributed by atoms with Crippen LogP contribution in [0, 0.1) is 5.82 Å². The zero-order valence-corrected chi connectivity index (χ0v) is 10.5. The Morgan fingerprint density at radius 1 is 1.39 bits per heavy atom. The van der Waals surface area contributed by atoms with E-state index in [1.54, 1.807) is 6.07 Å². The summed E-state index contributed by atoms with van der Waals surface area (Å²) < 4.78 is 18.6. The number of nitrogens with zero attached hydrogens (tertiary/aromatic N) is 2. The summed E-state index contributed by atoms with van der Waals surface area (Å²) in [5.74, 6) is 0.824. The first-order chi connectivity index (χ1) is 8.72. The standard InChI is InChI=1S/C13H16FN3O/c1-3-11(15-2)13-17-16-12(18-13)8-9-5-4-6-10(14)7-9/h4-7,11,15H,3,8H2,1-2H3. The van der Waals surface area contributed by atoms with E-state index in [9.17, 15) is 4.39 Å². The lowest BCUT2D eigenvalue weighted by Crippen LogP contribution is -2.15. The van der Waals surface area contributed by atoms with Crippen LogP contribution >= 0.6 is 0 Å². The van der Waals surface area contributed by atoms with Gasteiger partial charge in [0.05, 0.1) is 12.5 Å². The van der Waals surface area contributed by atoms with Gasteiger partial charge in [0.15, 0.2) is 0 Å². The summed E-state index contributed by atoms with van der Waals surface area (Å²) in [6.45, 7) is 2.04. The molecule has 96 valence electrons. The van der Waals surface area contributed by atoms with Crippen LogP contribution in [0.3, 0.4) is 0 Å². The van der Waals surface area contributed by atoms with Gasteiger partial charge in [-0.1, -0.05) is 19.1 Å². The number of hydrogen-bond donors (Lipinski definition) is 1. The average Bonchev–Trinajstić information content (AvgIpc) is 2.79. The Morgan fingerprint density at radius 2 is 2.22 bits per heavy atom. The van der Waals surface area contributed by atoms with Gasteiger partial charge in [-0.2, -0.15) is 0 Å². The number of halogens is 1. The lowest BCUT2D eigenvalue weighted by molar-refractivity contribution is 0.390. The molecular formula is C13H16FN3O. The van der Waals surface area contributed by atoms with Gasteiger partial charge in [0.2, 0.25) is 11.8 Å². The molecule has 0 spiro atoms. The molecule has 0 fully saturated rings. The van der Waals surface area contributed by atoms with Gasteiger partial charge in [-0.3, -0.25) is 0 Å². The Balaban J connectivity index is 2.11. The topological polar surface area (TPSA) is 51.0 Å². The van der Waals surface area contributed by atoms with Crippen LogP contribution in [0.5, 0.6) is 0 Å². The summed E-state index contributed by atoms with van der Waals surface area (Å²) in [4.78, 5) is 0. The van der Waals surface area contributed by atoms with Crippen molar-refractivity contribution in [2.24, 2.45) is 0 Å². The Morgan fingerprint density at radius 3 is 2.89 bits per heavy atom. The summed E-state index contributed by atoms with van der Waals surface area (Å²) in [6.07, 6.45) is 1.32. The van der Waals surface area contributed by atoms with Gasteiger partial charge in [-0.25, -0.2) is 4.39 Å². The number of rotatable bonds is 5. The molecule has 5 heteroatoms. The van der Waals surface area contributed by atoms with Crippen molar-refractivity contribution >= 4 is 0 Å². The molecule has 0 saturated heterocycles. The lowest BCUT2D eigenvalue weighted by Gasteiger charge is -2.07. The van der Waals surface area contributed by atoms with Gasteiger partial charge >= 0.3 is 0 Å². The van der Waals surface area contributed by atoms with E-state index in [2.05, 4.69) is 15.5 Å². The predicted octanol–water partition coefficient (Wildman–Crippen LogP) is 2.47. The molecule has 0 radical (unpaired) electrons. The fraction of sp³-hybridized carbons (Fsp3) is 0.385. The van der Waals surface area contributed by atoms with E-state index in [1.807, 2.05) is 20.0 Å². The first-order valence-corrected chi connectivity index (χ1v) is 5.97. The van der Waals surface area contributed by atoms with E-state index in [0.717, 1.165) is 12.0 Å². The van der Waals surface area contributed by atoms with Gasteiger partial charge in [0, 0.05) is 0 Å². The normalized spacial score (nSPS) is 12.6. The number of benzene rings is 1. The third-order valence-corrected chi connectivity index (χ3v) is 2.78. The Hall–Kier alpha value is -1.75. The second-order valence-electron chi connectivity index (χ2n) is 4.09. The smallest absolute Gasteiger partial charge is 0.233 e. The van der Waals surface area contributed by atoms with E-state index in [4.69, 9.17) is 4.42 Å². The molecule has 0 amide bonds. The van der Waals surface area contributed by atoms with Gasteiger partial charge in [-0.05, 0) is 31.2 Å². The van der Waals surface area contributed by atoms with E-state index < -0.39 is 0 Å². The molecule has 1 N–H and O–H groups in total. The van der Waals surface area contributed by atoms with Crippen LogP contribution in [0.25, 0.3) is 0 Å². The maximum Gasteiger partial charge on any atom is 0.233 e. The highest BCUT2D eigenvalue weighted by molar-refractivity contribution is 5.19. The maximum absolute atomic E-state index is 13.0. The number of hydrogen-bond acceptors (Lipinski definition) is 4. The third kappa shape index (κ3) is 2.92. The minimum atomic E-state index is -0.256. The molecule has 0 aliphatic heterocycles. The molecule has 1 aromatic heterocycles. The number of nitrogens with one attached hydrogen (secondary N) is 1. The molecule has 1 heterocycles. The fourth-order valence-corrected chi connectivity index (χ4v) is 1.80. The summed E-state index contributed by atoms with van der Waals surface area (Å²) in [7, 11) is 1.85. The molecule has 0 saturated carbocycles. The molecule has 1 aromatic carbocycles. The van der Waals surface area contributed by atoms with Crippen molar-refractivity contribution in [3.8, 4) is 0 Å². The number of aromatic nitrogens is 2. The monoisotopic (exact) mass is 249 g/mol. The van der Waals surface area contributed by atoms with Crippen LogP contribution in [-0.2, 0) is 6.42 Å². The van der Waals surface area contributed by atoms with Gasteiger partial charge in [0.1, 0.15) is 5.82 Å². The van der Waals surface area contributed by atoms with E-state index >= 15 is 0 Å². The molecule has 0 aliphatic carbocycles. The first-order valence-electron chi connectivity index (χ1n) is 5.97. The van der Waals surface area contributed by atoms with Crippen molar-refractivity contribution in [1.29, 1.82) is 0 Å². The van der Waals surface area contributed by atoms with Crippen LogP contribution in [0.15, 0.2) is 28.7 Å². The predicted molar refractivity (Wildman–Crippen MR) is 65.6 cm³/mol. The second kappa shape index (κ2) is 5.73. The molecule has 4 nitrogen and oxygen atoms in total. The molecular weight excluding hydrogens is 233 g/mol. The van der Waals surface area contributed by atoms with Crippen LogP contribution in [0.2, 0.25) is 0 Å². The van der Waals surface area contributed by atoms with Crippen molar-refractivity contribution < 1.29 is 8.81 Å². The Kier molecular flexibility index (Phi) is 4.04. The second-order valence-corrected chi connectivity index (χ2v) is 4.09. The van der Waals surface area contributed by atoms with Gasteiger partial charge in [0.25, 0.3) is 0 Å². The van der Waals surface area contributed by atoms with Crippen molar-refractivity contribution in [3.63, 3.8) is 0 Å². The summed E-state index contributed by atoms with van der Waals surface area (Å²) in [5, 5.41) is 11.1. The molecule has 0 bridgehead atoms. The highest BCUT2D eigenvalue weighted by atomic mass is 19.1. The first kappa shape index (κ1) is 12.7. The zero-order valence-electron chi connectivity index (χ0n) is 10.5. The summed E-state index contributed by atoms with van der Waals surface area (Å²) >= 11 is 0. The van der Waals surface area contributed by atoms with Crippen molar-refractivity contribution in [2.45, 2.75) is 25.8 Å². The van der Waals surface area contributed by atoms with Crippen LogP contribution in [0.1, 0.15) is 36.7 Å². The molecule has 2 aromatic rings. The zero-order chi connectivity index (χ0) is 13.0.